The lowest BCUT2D eigenvalue weighted by Gasteiger charge is -2.22. The number of pyridine rings is 1. The molecular formula is C20H25N3O3. The van der Waals surface area contributed by atoms with Gasteiger partial charge in [0.25, 0.3) is 0 Å². The zero-order chi connectivity index (χ0) is 18.0. The number of carbonyl (C=O) groups is 1. The summed E-state index contributed by atoms with van der Waals surface area (Å²) in [4.78, 5) is 16.0. The Morgan fingerprint density at radius 2 is 2.12 bits per heavy atom. The van der Waals surface area contributed by atoms with Crippen LogP contribution in [0.4, 0.5) is 10.5 Å². The fraction of sp³-hybridized carbons (Fsp3) is 0.400. The molecule has 1 saturated heterocycles. The molecule has 1 fully saturated rings. The van der Waals surface area contributed by atoms with Crippen molar-refractivity contribution in [3.8, 4) is 5.75 Å². The first kappa shape index (κ1) is 18.2. The highest BCUT2D eigenvalue weighted by molar-refractivity contribution is 5.89. The van der Waals surface area contributed by atoms with E-state index in [9.17, 15) is 4.79 Å². The van der Waals surface area contributed by atoms with Crippen molar-refractivity contribution in [3.63, 3.8) is 0 Å². The highest BCUT2D eigenvalue weighted by Gasteiger charge is 2.14. The van der Waals surface area contributed by atoms with Crippen LogP contribution in [0.3, 0.4) is 0 Å². The molecule has 2 heterocycles. The Bertz CT molecular complexity index is 670. The van der Waals surface area contributed by atoms with Crippen molar-refractivity contribution < 1.29 is 14.3 Å². The van der Waals surface area contributed by atoms with E-state index in [1.807, 2.05) is 36.4 Å². The van der Waals surface area contributed by atoms with Gasteiger partial charge in [0, 0.05) is 31.2 Å². The predicted octanol–water partition coefficient (Wildman–Crippen LogP) is 3.39. The van der Waals surface area contributed by atoms with E-state index in [4.69, 9.17) is 9.47 Å². The van der Waals surface area contributed by atoms with Gasteiger partial charge in [-0.05, 0) is 61.6 Å². The molecule has 0 aliphatic carbocycles. The topological polar surface area (TPSA) is 72.5 Å². The third-order valence-electron chi connectivity index (χ3n) is 4.24. The largest absolute Gasteiger partial charge is 0.491 e. The van der Waals surface area contributed by atoms with E-state index in [2.05, 4.69) is 15.6 Å². The average Bonchev–Trinajstić information content (AvgIpc) is 2.69. The van der Waals surface area contributed by atoms with Crippen LogP contribution in [0.1, 0.15) is 24.8 Å². The predicted molar refractivity (Wildman–Crippen MR) is 100 cm³/mol. The number of hydrogen-bond acceptors (Lipinski definition) is 4. The van der Waals surface area contributed by atoms with Crippen molar-refractivity contribution in [1.29, 1.82) is 0 Å². The molecule has 6 nitrogen and oxygen atoms in total. The van der Waals surface area contributed by atoms with Gasteiger partial charge in [0.2, 0.25) is 0 Å². The van der Waals surface area contributed by atoms with Gasteiger partial charge in [-0.25, -0.2) is 4.79 Å². The Morgan fingerprint density at radius 3 is 2.85 bits per heavy atom. The highest BCUT2D eigenvalue weighted by atomic mass is 16.5. The number of carbonyl (C=O) groups excluding carboxylic acids is 1. The van der Waals surface area contributed by atoms with E-state index in [-0.39, 0.29) is 12.1 Å². The van der Waals surface area contributed by atoms with E-state index < -0.39 is 0 Å². The minimum atomic E-state index is -0.224. The molecule has 26 heavy (non-hydrogen) atoms. The third kappa shape index (κ3) is 6.04. The Balaban J connectivity index is 1.37. The molecule has 1 aliphatic rings. The Labute approximate surface area is 153 Å². The van der Waals surface area contributed by atoms with E-state index >= 15 is 0 Å². The van der Waals surface area contributed by atoms with Crippen LogP contribution in [0.15, 0.2) is 48.8 Å². The number of benzene rings is 1. The van der Waals surface area contributed by atoms with Crippen LogP contribution >= 0.6 is 0 Å². The second-order valence-electron chi connectivity index (χ2n) is 6.32. The number of ether oxygens (including phenoxy) is 2. The van der Waals surface area contributed by atoms with Crippen LogP contribution in [0.25, 0.3) is 0 Å². The Kier molecular flexibility index (Phi) is 6.84. The number of nitrogens with one attached hydrogen (secondary N) is 2. The molecule has 1 aromatic carbocycles. The number of anilines is 1. The maximum absolute atomic E-state index is 11.9. The van der Waals surface area contributed by atoms with Crippen LogP contribution in [0.5, 0.6) is 5.75 Å². The van der Waals surface area contributed by atoms with E-state index in [0.717, 1.165) is 42.9 Å². The van der Waals surface area contributed by atoms with Crippen molar-refractivity contribution in [1.82, 2.24) is 10.3 Å². The SMILES string of the molecule is O=C(NCCc1cccnc1)Nc1ccc(OCC2CCCCO2)cc1. The molecule has 1 atom stereocenters. The minimum Gasteiger partial charge on any atom is -0.491 e. The van der Waals surface area contributed by atoms with E-state index in [1.54, 1.807) is 12.4 Å². The van der Waals surface area contributed by atoms with Crippen molar-refractivity contribution >= 4 is 11.7 Å². The molecule has 0 spiro atoms. The van der Waals surface area contributed by atoms with Gasteiger partial charge in [-0.1, -0.05) is 6.07 Å². The first-order valence-electron chi connectivity index (χ1n) is 9.08. The van der Waals surface area contributed by atoms with Crippen molar-refractivity contribution in [2.75, 3.05) is 25.1 Å². The quantitative estimate of drug-likeness (QED) is 0.798. The molecule has 0 radical (unpaired) electrons. The standard InChI is InChI=1S/C20H25N3O3/c24-20(22-12-10-16-4-3-11-21-14-16)23-17-6-8-18(9-7-17)26-15-19-5-1-2-13-25-19/h3-4,6-9,11,14,19H,1-2,5,10,12-13,15H2,(H2,22,23,24). The molecule has 6 heteroatoms. The smallest absolute Gasteiger partial charge is 0.319 e. The summed E-state index contributed by atoms with van der Waals surface area (Å²) in [5, 5.41) is 5.65. The Morgan fingerprint density at radius 1 is 1.23 bits per heavy atom. The molecule has 1 aromatic heterocycles. The summed E-state index contributed by atoms with van der Waals surface area (Å²) in [5.74, 6) is 0.779. The fourth-order valence-corrected chi connectivity index (χ4v) is 2.80. The van der Waals surface area contributed by atoms with E-state index in [1.165, 1.54) is 6.42 Å². The highest BCUT2D eigenvalue weighted by Crippen LogP contribution is 2.18. The number of nitrogens with zero attached hydrogens (tertiary/aromatic N) is 1. The molecule has 1 unspecified atom stereocenters. The first-order valence-corrected chi connectivity index (χ1v) is 9.08. The number of hydrogen-bond donors (Lipinski definition) is 2. The lowest BCUT2D eigenvalue weighted by atomic mass is 10.1. The lowest BCUT2D eigenvalue weighted by Crippen LogP contribution is -2.30. The van der Waals surface area contributed by atoms with Crippen LogP contribution in [0.2, 0.25) is 0 Å². The van der Waals surface area contributed by atoms with Gasteiger partial charge in [-0.2, -0.15) is 0 Å². The van der Waals surface area contributed by atoms with Crippen molar-refractivity contribution in [2.24, 2.45) is 0 Å². The third-order valence-corrected chi connectivity index (χ3v) is 4.24. The van der Waals surface area contributed by atoms with Crippen LogP contribution in [-0.2, 0) is 11.2 Å². The molecule has 2 aromatic rings. The normalized spacial score (nSPS) is 16.7. The molecule has 2 N–H and O–H groups in total. The van der Waals surface area contributed by atoms with Gasteiger partial charge < -0.3 is 20.1 Å². The summed E-state index contributed by atoms with van der Waals surface area (Å²) >= 11 is 0. The van der Waals surface area contributed by atoms with Crippen molar-refractivity contribution in [2.45, 2.75) is 31.8 Å². The van der Waals surface area contributed by atoms with Gasteiger partial charge in [0.1, 0.15) is 12.4 Å². The monoisotopic (exact) mass is 355 g/mol. The molecule has 3 rings (SSSR count). The van der Waals surface area contributed by atoms with Crippen LogP contribution < -0.4 is 15.4 Å². The molecule has 1 aliphatic heterocycles. The summed E-state index contributed by atoms with van der Waals surface area (Å²) in [6.45, 7) is 1.95. The second-order valence-corrected chi connectivity index (χ2v) is 6.32. The van der Waals surface area contributed by atoms with Crippen LogP contribution in [-0.4, -0.2) is 36.9 Å². The maximum Gasteiger partial charge on any atom is 0.319 e. The molecule has 138 valence electrons. The summed E-state index contributed by atoms with van der Waals surface area (Å²) in [5.41, 5.74) is 1.82. The molecule has 0 saturated carbocycles. The average molecular weight is 355 g/mol. The van der Waals surface area contributed by atoms with E-state index in [0.29, 0.717) is 13.2 Å². The zero-order valence-corrected chi connectivity index (χ0v) is 14.8. The van der Waals surface area contributed by atoms with Crippen molar-refractivity contribution in [3.05, 3.63) is 54.4 Å². The van der Waals surface area contributed by atoms with Gasteiger partial charge in [-0.15, -0.1) is 0 Å². The number of urea groups is 1. The molecule has 2 amide bonds. The lowest BCUT2D eigenvalue weighted by molar-refractivity contribution is -0.0110. The Hall–Kier alpha value is -2.60. The number of amides is 2. The first-order chi connectivity index (χ1) is 12.8. The molecular weight excluding hydrogens is 330 g/mol. The maximum atomic E-state index is 11.9. The van der Waals surface area contributed by atoms with Gasteiger partial charge in [0.15, 0.2) is 0 Å². The minimum absolute atomic E-state index is 0.187. The van der Waals surface area contributed by atoms with Gasteiger partial charge >= 0.3 is 6.03 Å². The second kappa shape index (κ2) is 9.77. The van der Waals surface area contributed by atoms with Gasteiger partial charge in [-0.3, -0.25) is 4.98 Å². The van der Waals surface area contributed by atoms with Crippen LogP contribution in [0, 0.1) is 0 Å². The summed E-state index contributed by atoms with van der Waals surface area (Å²) in [6, 6.07) is 11.0. The summed E-state index contributed by atoms with van der Waals surface area (Å²) in [7, 11) is 0. The fourth-order valence-electron chi connectivity index (χ4n) is 2.80. The number of aromatic nitrogens is 1. The zero-order valence-electron chi connectivity index (χ0n) is 14.8. The summed E-state index contributed by atoms with van der Waals surface area (Å²) < 4.78 is 11.4. The summed E-state index contributed by atoms with van der Waals surface area (Å²) in [6.07, 6.45) is 7.87. The van der Waals surface area contributed by atoms with Gasteiger partial charge in [0.05, 0.1) is 6.10 Å². The molecule has 0 bridgehead atoms. The number of rotatable bonds is 7.